The van der Waals surface area contributed by atoms with Crippen molar-refractivity contribution < 1.29 is 9.52 Å². The number of hydrogen-bond donors (Lipinski definition) is 2. The summed E-state index contributed by atoms with van der Waals surface area (Å²) in [4.78, 5) is 13.5. The summed E-state index contributed by atoms with van der Waals surface area (Å²) in [5, 5.41) is 13.4. The Morgan fingerprint density at radius 2 is 1.96 bits per heavy atom. The second-order valence-electron chi connectivity index (χ2n) is 6.38. The van der Waals surface area contributed by atoms with Crippen molar-refractivity contribution >= 4 is 11.6 Å². The van der Waals surface area contributed by atoms with Crippen LogP contribution >= 0.6 is 0 Å². The number of aromatic nitrogens is 1. The van der Waals surface area contributed by atoms with Gasteiger partial charge in [0, 0.05) is 32.7 Å². The van der Waals surface area contributed by atoms with Crippen molar-refractivity contribution in [2.24, 2.45) is 4.99 Å². The predicted molar refractivity (Wildman–Crippen MR) is 103 cm³/mol. The molecule has 7 nitrogen and oxygen atoms in total. The van der Waals surface area contributed by atoms with Gasteiger partial charge in [0.1, 0.15) is 18.1 Å². The third kappa shape index (κ3) is 4.09. The van der Waals surface area contributed by atoms with Crippen molar-refractivity contribution in [3.05, 3.63) is 41.6 Å². The average Bonchev–Trinajstić information content (AvgIpc) is 2.97. The number of piperazine rings is 1. The molecular weight excluding hydrogens is 330 g/mol. The monoisotopic (exact) mass is 357 g/mol. The maximum Gasteiger partial charge on any atom is 0.216 e. The van der Waals surface area contributed by atoms with E-state index in [1.807, 2.05) is 32.0 Å². The number of aliphatic imine (C=N–C) groups is 1. The molecule has 2 N–H and O–H groups in total. The number of nitrogens with one attached hydrogen (secondary N) is 1. The molecule has 1 aromatic heterocycles. The molecule has 0 atom stereocenters. The second kappa shape index (κ2) is 8.12. The number of hydrogen-bond acceptors (Lipinski definition) is 5. The van der Waals surface area contributed by atoms with E-state index in [0.29, 0.717) is 18.2 Å². The first-order valence-corrected chi connectivity index (χ1v) is 9.07. The molecule has 0 aliphatic carbocycles. The Morgan fingerprint density at radius 1 is 1.23 bits per heavy atom. The Bertz CT molecular complexity index is 744. The zero-order chi connectivity index (χ0) is 18.5. The lowest BCUT2D eigenvalue weighted by atomic mass is 10.2. The number of aryl methyl sites for hydroxylation is 2. The molecule has 1 aliphatic rings. The number of phenols is 1. The number of para-hydroxylation sites is 2. The van der Waals surface area contributed by atoms with Gasteiger partial charge >= 0.3 is 0 Å². The van der Waals surface area contributed by atoms with E-state index >= 15 is 0 Å². The van der Waals surface area contributed by atoms with Crippen LogP contribution in [-0.4, -0.2) is 53.7 Å². The van der Waals surface area contributed by atoms with Crippen LogP contribution in [0.3, 0.4) is 0 Å². The van der Waals surface area contributed by atoms with Crippen LogP contribution in [-0.2, 0) is 6.54 Å². The van der Waals surface area contributed by atoms with Crippen LogP contribution in [0.25, 0.3) is 0 Å². The number of phenolic OH excluding ortho intramolecular Hbond substituents is 1. The topological polar surface area (TPSA) is 77.1 Å². The highest BCUT2D eigenvalue weighted by Crippen LogP contribution is 2.27. The van der Waals surface area contributed by atoms with E-state index in [9.17, 15) is 5.11 Å². The highest BCUT2D eigenvalue weighted by atomic mass is 16.4. The molecule has 0 unspecified atom stereocenters. The summed E-state index contributed by atoms with van der Waals surface area (Å²) in [6.45, 7) is 10.5. The minimum atomic E-state index is 0.330. The van der Waals surface area contributed by atoms with Gasteiger partial charge in [0.05, 0.1) is 11.4 Å². The molecule has 1 aromatic carbocycles. The van der Waals surface area contributed by atoms with Crippen LogP contribution in [0.4, 0.5) is 5.69 Å². The van der Waals surface area contributed by atoms with Gasteiger partial charge in [-0.25, -0.2) is 9.98 Å². The zero-order valence-electron chi connectivity index (χ0n) is 15.7. The molecule has 0 spiro atoms. The molecule has 1 fully saturated rings. The minimum absolute atomic E-state index is 0.330. The van der Waals surface area contributed by atoms with Crippen molar-refractivity contribution in [2.75, 3.05) is 37.6 Å². The van der Waals surface area contributed by atoms with Gasteiger partial charge in [-0.1, -0.05) is 12.1 Å². The predicted octanol–water partition coefficient (Wildman–Crippen LogP) is 2.28. The number of aromatic hydroxyl groups is 1. The average molecular weight is 357 g/mol. The molecule has 140 valence electrons. The number of anilines is 1. The summed E-state index contributed by atoms with van der Waals surface area (Å²) in [5.41, 5.74) is 1.80. The third-order valence-electron chi connectivity index (χ3n) is 4.57. The summed E-state index contributed by atoms with van der Waals surface area (Å²) in [7, 11) is 0. The Kier molecular flexibility index (Phi) is 5.65. The van der Waals surface area contributed by atoms with Crippen LogP contribution in [0, 0.1) is 13.8 Å². The fourth-order valence-electron chi connectivity index (χ4n) is 3.07. The van der Waals surface area contributed by atoms with E-state index in [4.69, 9.17) is 4.42 Å². The Hall–Kier alpha value is -2.70. The van der Waals surface area contributed by atoms with Crippen molar-refractivity contribution in [2.45, 2.75) is 27.3 Å². The number of guanidine groups is 1. The second-order valence-corrected chi connectivity index (χ2v) is 6.38. The standard InChI is InChI=1S/C19H27N5O2/c1-4-20-19(21-13-18-22-14(2)15(3)26-18)24-11-9-23(10-12-24)16-7-5-6-8-17(16)25/h5-8,25H,4,9-13H2,1-3H3,(H,20,21). The molecule has 2 heterocycles. The van der Waals surface area contributed by atoms with Crippen LogP contribution in [0.5, 0.6) is 5.75 Å². The van der Waals surface area contributed by atoms with Gasteiger partial charge in [0.15, 0.2) is 5.96 Å². The van der Waals surface area contributed by atoms with Crippen LogP contribution in [0.1, 0.15) is 24.3 Å². The van der Waals surface area contributed by atoms with E-state index in [1.165, 1.54) is 0 Å². The fraction of sp³-hybridized carbons (Fsp3) is 0.474. The Labute approximate surface area is 154 Å². The molecular formula is C19H27N5O2. The molecule has 1 saturated heterocycles. The summed E-state index contributed by atoms with van der Waals surface area (Å²) in [6.07, 6.45) is 0. The van der Waals surface area contributed by atoms with Crippen LogP contribution in [0.2, 0.25) is 0 Å². The summed E-state index contributed by atoms with van der Waals surface area (Å²) in [5.74, 6) is 2.69. The molecule has 0 radical (unpaired) electrons. The van der Waals surface area contributed by atoms with Crippen molar-refractivity contribution in [1.29, 1.82) is 0 Å². The van der Waals surface area contributed by atoms with E-state index in [2.05, 4.69) is 32.0 Å². The molecule has 2 aromatic rings. The normalized spacial score (nSPS) is 15.4. The highest BCUT2D eigenvalue weighted by Gasteiger charge is 2.21. The number of benzene rings is 1. The summed E-state index contributed by atoms with van der Waals surface area (Å²) >= 11 is 0. The maximum absolute atomic E-state index is 10.0. The van der Waals surface area contributed by atoms with E-state index < -0.39 is 0 Å². The molecule has 0 amide bonds. The quantitative estimate of drug-likeness (QED) is 0.646. The van der Waals surface area contributed by atoms with Gasteiger partial charge < -0.3 is 24.6 Å². The summed E-state index contributed by atoms with van der Waals surface area (Å²) < 4.78 is 5.62. The SMILES string of the molecule is CCNC(=NCc1nc(C)c(C)o1)N1CCN(c2ccccc2O)CC1. The Balaban J connectivity index is 1.64. The molecule has 1 aliphatic heterocycles. The minimum Gasteiger partial charge on any atom is -0.506 e. The fourth-order valence-corrected chi connectivity index (χ4v) is 3.07. The van der Waals surface area contributed by atoms with Crippen LogP contribution in [0.15, 0.2) is 33.7 Å². The zero-order valence-corrected chi connectivity index (χ0v) is 15.7. The lowest BCUT2D eigenvalue weighted by Crippen LogP contribution is -2.52. The van der Waals surface area contributed by atoms with Crippen molar-refractivity contribution in [3.8, 4) is 5.75 Å². The molecule has 3 rings (SSSR count). The van der Waals surface area contributed by atoms with E-state index in [0.717, 1.165) is 55.8 Å². The van der Waals surface area contributed by atoms with Gasteiger partial charge in [-0.3, -0.25) is 0 Å². The van der Waals surface area contributed by atoms with E-state index in [-0.39, 0.29) is 0 Å². The molecule has 26 heavy (non-hydrogen) atoms. The van der Waals surface area contributed by atoms with Crippen LogP contribution < -0.4 is 10.2 Å². The largest absolute Gasteiger partial charge is 0.506 e. The number of rotatable bonds is 4. The smallest absolute Gasteiger partial charge is 0.216 e. The highest BCUT2D eigenvalue weighted by molar-refractivity contribution is 5.80. The third-order valence-corrected chi connectivity index (χ3v) is 4.57. The number of oxazole rings is 1. The molecule has 7 heteroatoms. The van der Waals surface area contributed by atoms with E-state index in [1.54, 1.807) is 6.07 Å². The van der Waals surface area contributed by atoms with Gasteiger partial charge in [0.25, 0.3) is 0 Å². The first-order valence-electron chi connectivity index (χ1n) is 9.07. The van der Waals surface area contributed by atoms with Gasteiger partial charge in [-0.05, 0) is 32.9 Å². The first-order chi connectivity index (χ1) is 12.6. The van der Waals surface area contributed by atoms with Gasteiger partial charge in [0.2, 0.25) is 5.89 Å². The lowest BCUT2D eigenvalue weighted by molar-refractivity contribution is 0.368. The lowest BCUT2D eigenvalue weighted by Gasteiger charge is -2.37. The Morgan fingerprint density at radius 3 is 2.58 bits per heavy atom. The van der Waals surface area contributed by atoms with Gasteiger partial charge in [-0.2, -0.15) is 0 Å². The van der Waals surface area contributed by atoms with Crippen molar-refractivity contribution in [3.63, 3.8) is 0 Å². The number of nitrogens with zero attached hydrogens (tertiary/aromatic N) is 4. The molecule has 0 bridgehead atoms. The first kappa shape index (κ1) is 18.1. The maximum atomic E-state index is 10.0. The molecule has 0 saturated carbocycles. The van der Waals surface area contributed by atoms with Crippen molar-refractivity contribution in [1.82, 2.24) is 15.2 Å². The summed E-state index contributed by atoms with van der Waals surface area (Å²) in [6, 6.07) is 7.48. The van der Waals surface area contributed by atoms with Gasteiger partial charge in [-0.15, -0.1) is 0 Å².